The van der Waals surface area contributed by atoms with Crippen LogP contribution in [-0.4, -0.2) is 55.0 Å². The maximum Gasteiger partial charge on any atom is 0.253 e. The van der Waals surface area contributed by atoms with Gasteiger partial charge in [0.15, 0.2) is 16.6 Å². The molecule has 2 heterocycles. The third-order valence-electron chi connectivity index (χ3n) is 6.05. The number of ether oxygens (including phenoxy) is 3. The topological polar surface area (TPSA) is 75.8 Å². The SMILES string of the molecule is COc1cc2cc(CN(C[C@H]3CCCO3)C(=S)NCCc3ccccc3)c(=O)[nH]c2cc1OC. The van der Waals surface area contributed by atoms with E-state index in [-0.39, 0.29) is 11.7 Å². The first-order chi connectivity index (χ1) is 16.6. The highest BCUT2D eigenvalue weighted by Crippen LogP contribution is 2.31. The molecule has 1 fully saturated rings. The van der Waals surface area contributed by atoms with E-state index < -0.39 is 0 Å². The van der Waals surface area contributed by atoms with Crippen LogP contribution >= 0.6 is 12.2 Å². The predicted molar refractivity (Wildman–Crippen MR) is 138 cm³/mol. The van der Waals surface area contributed by atoms with Crippen LogP contribution in [0.25, 0.3) is 10.9 Å². The van der Waals surface area contributed by atoms with Crippen molar-refractivity contribution in [3.8, 4) is 11.5 Å². The zero-order valence-electron chi connectivity index (χ0n) is 19.6. The Morgan fingerprint density at radius 2 is 1.94 bits per heavy atom. The van der Waals surface area contributed by atoms with Crippen molar-refractivity contribution in [2.75, 3.05) is 33.9 Å². The van der Waals surface area contributed by atoms with Gasteiger partial charge in [-0.15, -0.1) is 0 Å². The summed E-state index contributed by atoms with van der Waals surface area (Å²) in [6.45, 7) is 2.51. The summed E-state index contributed by atoms with van der Waals surface area (Å²) in [4.78, 5) is 17.9. The standard InChI is InChI=1S/C26H31N3O4S/c1-31-23-14-19-13-20(25(30)28-22(19)15-24(23)32-2)16-29(17-21-9-6-12-33-21)26(34)27-11-10-18-7-4-3-5-8-18/h3-5,7-8,13-15,21H,6,9-12,16-17H2,1-2H3,(H,27,34)(H,28,30)/t21-/m1/s1. The lowest BCUT2D eigenvalue weighted by atomic mass is 10.1. The second kappa shape index (κ2) is 11.4. The molecule has 0 saturated carbocycles. The van der Waals surface area contributed by atoms with Gasteiger partial charge in [-0.3, -0.25) is 4.79 Å². The highest BCUT2D eigenvalue weighted by Gasteiger charge is 2.22. The first kappa shape index (κ1) is 24.0. The molecule has 8 heteroatoms. The molecule has 0 unspecified atom stereocenters. The molecule has 0 aliphatic carbocycles. The summed E-state index contributed by atoms with van der Waals surface area (Å²) in [7, 11) is 3.17. The lowest BCUT2D eigenvalue weighted by Gasteiger charge is -2.28. The molecule has 1 aliphatic rings. The minimum Gasteiger partial charge on any atom is -0.493 e. The molecule has 2 aromatic carbocycles. The van der Waals surface area contributed by atoms with E-state index in [2.05, 4.69) is 22.4 Å². The van der Waals surface area contributed by atoms with E-state index in [9.17, 15) is 4.79 Å². The van der Waals surface area contributed by atoms with Crippen molar-refractivity contribution in [3.05, 3.63) is 70.0 Å². The average Bonchev–Trinajstić information content (AvgIpc) is 3.37. The second-order valence-corrected chi connectivity index (χ2v) is 8.79. The summed E-state index contributed by atoms with van der Waals surface area (Å²) in [6, 6.07) is 15.8. The highest BCUT2D eigenvalue weighted by molar-refractivity contribution is 7.80. The van der Waals surface area contributed by atoms with Gasteiger partial charge < -0.3 is 29.4 Å². The van der Waals surface area contributed by atoms with Crippen LogP contribution in [-0.2, 0) is 17.7 Å². The zero-order chi connectivity index (χ0) is 23.9. The Kier molecular flexibility index (Phi) is 8.03. The third-order valence-corrected chi connectivity index (χ3v) is 6.46. The first-order valence-corrected chi connectivity index (χ1v) is 11.9. The normalized spacial score (nSPS) is 15.3. The van der Waals surface area contributed by atoms with Crippen molar-refractivity contribution < 1.29 is 14.2 Å². The van der Waals surface area contributed by atoms with Crippen LogP contribution in [0.3, 0.4) is 0 Å². The number of fused-ring (bicyclic) bond motifs is 1. The number of aromatic nitrogens is 1. The molecule has 4 rings (SSSR count). The maximum absolute atomic E-state index is 12.9. The fraction of sp³-hybridized carbons (Fsp3) is 0.385. The highest BCUT2D eigenvalue weighted by atomic mass is 32.1. The number of nitrogens with zero attached hydrogens (tertiary/aromatic N) is 1. The lowest BCUT2D eigenvalue weighted by Crippen LogP contribution is -2.44. The van der Waals surface area contributed by atoms with Crippen LogP contribution in [0.15, 0.2) is 53.3 Å². The van der Waals surface area contributed by atoms with E-state index in [1.54, 1.807) is 20.3 Å². The van der Waals surface area contributed by atoms with Gasteiger partial charge in [-0.1, -0.05) is 30.3 Å². The van der Waals surface area contributed by atoms with Crippen molar-refractivity contribution in [1.82, 2.24) is 15.2 Å². The quantitative estimate of drug-likeness (QED) is 0.452. The van der Waals surface area contributed by atoms with Crippen LogP contribution in [0.1, 0.15) is 24.0 Å². The Hall–Kier alpha value is -3.10. The molecule has 0 radical (unpaired) electrons. The van der Waals surface area contributed by atoms with Crippen molar-refractivity contribution in [2.24, 2.45) is 0 Å². The van der Waals surface area contributed by atoms with E-state index in [4.69, 9.17) is 26.4 Å². The summed E-state index contributed by atoms with van der Waals surface area (Å²) >= 11 is 5.75. The van der Waals surface area contributed by atoms with E-state index in [1.807, 2.05) is 35.2 Å². The smallest absolute Gasteiger partial charge is 0.253 e. The summed E-state index contributed by atoms with van der Waals surface area (Å²) in [6.07, 6.45) is 3.02. The molecule has 0 bridgehead atoms. The molecule has 1 aliphatic heterocycles. The Balaban J connectivity index is 1.53. The number of methoxy groups -OCH3 is 2. The number of benzene rings is 2. The van der Waals surface area contributed by atoms with Crippen molar-refractivity contribution in [2.45, 2.75) is 31.9 Å². The molecule has 1 atom stereocenters. The van der Waals surface area contributed by atoms with E-state index in [0.29, 0.717) is 40.8 Å². The van der Waals surface area contributed by atoms with E-state index >= 15 is 0 Å². The number of hydrogen-bond donors (Lipinski definition) is 2. The molecule has 180 valence electrons. The van der Waals surface area contributed by atoms with Gasteiger partial charge in [0.1, 0.15) is 0 Å². The maximum atomic E-state index is 12.9. The molecular formula is C26H31N3O4S. The van der Waals surface area contributed by atoms with Crippen LogP contribution in [0, 0.1) is 0 Å². The van der Waals surface area contributed by atoms with E-state index in [1.165, 1.54) is 5.56 Å². The Morgan fingerprint density at radius 3 is 2.65 bits per heavy atom. The van der Waals surface area contributed by atoms with Gasteiger partial charge in [-0.2, -0.15) is 0 Å². The second-order valence-electron chi connectivity index (χ2n) is 8.40. The van der Waals surface area contributed by atoms with Gasteiger partial charge in [0, 0.05) is 36.7 Å². The van der Waals surface area contributed by atoms with Crippen molar-refractivity contribution in [3.63, 3.8) is 0 Å². The summed E-state index contributed by atoms with van der Waals surface area (Å²) in [5.74, 6) is 1.18. The molecule has 2 N–H and O–H groups in total. The first-order valence-electron chi connectivity index (χ1n) is 11.5. The van der Waals surface area contributed by atoms with Gasteiger partial charge in [-0.05, 0) is 49.2 Å². The molecule has 0 spiro atoms. The summed E-state index contributed by atoms with van der Waals surface area (Å²) in [5, 5.41) is 4.86. The molecule has 1 aromatic heterocycles. The number of nitrogens with one attached hydrogen (secondary N) is 2. The van der Waals surface area contributed by atoms with E-state index in [0.717, 1.165) is 37.8 Å². The van der Waals surface area contributed by atoms with Crippen LogP contribution < -0.4 is 20.3 Å². The van der Waals surface area contributed by atoms with Crippen LogP contribution in [0.5, 0.6) is 11.5 Å². The van der Waals surface area contributed by atoms with Crippen molar-refractivity contribution in [1.29, 1.82) is 0 Å². The fourth-order valence-corrected chi connectivity index (χ4v) is 4.47. The zero-order valence-corrected chi connectivity index (χ0v) is 20.5. The average molecular weight is 482 g/mol. The lowest BCUT2D eigenvalue weighted by molar-refractivity contribution is 0.0897. The molecule has 0 amide bonds. The fourth-order valence-electron chi connectivity index (χ4n) is 4.22. The number of thiocarbonyl (C=S) groups is 1. The third kappa shape index (κ3) is 5.87. The molecule has 1 saturated heterocycles. The number of H-pyrrole nitrogens is 1. The minimum absolute atomic E-state index is 0.109. The van der Waals surface area contributed by atoms with Gasteiger partial charge >= 0.3 is 0 Å². The molecule has 7 nitrogen and oxygen atoms in total. The van der Waals surface area contributed by atoms with Crippen LogP contribution in [0.4, 0.5) is 0 Å². The summed E-state index contributed by atoms with van der Waals surface area (Å²) < 4.78 is 16.6. The number of pyridine rings is 1. The minimum atomic E-state index is -0.149. The Labute approximate surface area is 205 Å². The monoisotopic (exact) mass is 481 g/mol. The predicted octanol–water partition coefficient (Wildman–Crippen LogP) is 3.64. The summed E-state index contributed by atoms with van der Waals surface area (Å²) in [5.41, 5.74) is 2.42. The molecular weight excluding hydrogens is 450 g/mol. The molecule has 3 aromatic rings. The Morgan fingerprint density at radius 1 is 1.18 bits per heavy atom. The van der Waals surface area contributed by atoms with Crippen molar-refractivity contribution >= 4 is 28.2 Å². The largest absolute Gasteiger partial charge is 0.493 e. The number of rotatable bonds is 9. The van der Waals surface area contributed by atoms with Crippen LogP contribution in [0.2, 0.25) is 0 Å². The Bertz CT molecular complexity index is 1180. The number of aromatic amines is 1. The molecule has 34 heavy (non-hydrogen) atoms. The van der Waals surface area contributed by atoms with Gasteiger partial charge in [0.05, 0.1) is 32.4 Å². The van der Waals surface area contributed by atoms with Gasteiger partial charge in [0.2, 0.25) is 0 Å². The van der Waals surface area contributed by atoms with Gasteiger partial charge in [0.25, 0.3) is 5.56 Å². The van der Waals surface area contributed by atoms with Gasteiger partial charge in [-0.25, -0.2) is 0 Å². The number of hydrogen-bond acceptors (Lipinski definition) is 5.